The second-order valence-corrected chi connectivity index (χ2v) is 4.69. The van der Waals surface area contributed by atoms with Gasteiger partial charge < -0.3 is 5.73 Å². The average molecular weight is 215 g/mol. The van der Waals surface area contributed by atoms with E-state index < -0.39 is 0 Å². The van der Waals surface area contributed by atoms with Crippen LogP contribution >= 0.6 is 0 Å². The van der Waals surface area contributed by atoms with Crippen LogP contribution in [0.15, 0.2) is 30.3 Å². The van der Waals surface area contributed by atoms with Crippen molar-refractivity contribution in [2.45, 2.75) is 45.1 Å². The average Bonchev–Trinajstić information content (AvgIpc) is 2.30. The van der Waals surface area contributed by atoms with Crippen molar-refractivity contribution in [2.75, 3.05) is 0 Å². The summed E-state index contributed by atoms with van der Waals surface area (Å²) in [4.78, 5) is 0. The number of benzene rings is 1. The van der Waals surface area contributed by atoms with E-state index in [1.54, 1.807) is 0 Å². The van der Waals surface area contributed by atoms with E-state index in [9.17, 15) is 0 Å². The zero-order valence-electron chi connectivity index (χ0n) is 10.1. The van der Waals surface area contributed by atoms with Crippen LogP contribution < -0.4 is 5.73 Å². The standard InChI is InChI=1S/C15H21N/c1-2-4-12-7-9-13(10-8-12)14-5-3-6-15(16)11-14/h7-11,15H,2-6,16H2,1H3. The molecule has 0 saturated carbocycles. The lowest BCUT2D eigenvalue weighted by atomic mass is 9.91. The predicted molar refractivity (Wildman–Crippen MR) is 70.2 cm³/mol. The minimum absolute atomic E-state index is 0.263. The van der Waals surface area contributed by atoms with Gasteiger partial charge in [-0.05, 0) is 42.4 Å². The molecular formula is C15H21N. The Morgan fingerprint density at radius 2 is 2.00 bits per heavy atom. The first-order chi connectivity index (χ1) is 7.79. The molecule has 16 heavy (non-hydrogen) atoms. The maximum Gasteiger partial charge on any atom is 0.0229 e. The third-order valence-corrected chi connectivity index (χ3v) is 3.26. The van der Waals surface area contributed by atoms with Crippen molar-refractivity contribution in [3.8, 4) is 0 Å². The Hall–Kier alpha value is -1.08. The number of aryl methyl sites for hydroxylation is 1. The summed E-state index contributed by atoms with van der Waals surface area (Å²) in [5, 5.41) is 0. The molecule has 0 aliphatic heterocycles. The minimum atomic E-state index is 0.263. The lowest BCUT2D eigenvalue weighted by Gasteiger charge is -2.18. The fraction of sp³-hybridized carbons (Fsp3) is 0.467. The third-order valence-electron chi connectivity index (χ3n) is 3.26. The molecule has 1 aromatic rings. The molecule has 1 heteroatoms. The van der Waals surface area contributed by atoms with Crippen LogP contribution in [0.5, 0.6) is 0 Å². The van der Waals surface area contributed by atoms with Crippen molar-refractivity contribution < 1.29 is 0 Å². The van der Waals surface area contributed by atoms with Crippen molar-refractivity contribution in [2.24, 2.45) is 5.73 Å². The van der Waals surface area contributed by atoms with Gasteiger partial charge in [-0.25, -0.2) is 0 Å². The molecule has 0 amide bonds. The summed E-state index contributed by atoms with van der Waals surface area (Å²) < 4.78 is 0. The van der Waals surface area contributed by atoms with Gasteiger partial charge >= 0.3 is 0 Å². The Labute approximate surface area is 98.4 Å². The van der Waals surface area contributed by atoms with Crippen LogP contribution in [0.25, 0.3) is 5.57 Å². The number of hydrogen-bond donors (Lipinski definition) is 1. The summed E-state index contributed by atoms with van der Waals surface area (Å²) in [6.07, 6.45) is 8.17. The summed E-state index contributed by atoms with van der Waals surface area (Å²) in [5.74, 6) is 0. The highest BCUT2D eigenvalue weighted by Gasteiger charge is 2.10. The molecule has 2 rings (SSSR count). The zero-order valence-corrected chi connectivity index (χ0v) is 10.1. The van der Waals surface area contributed by atoms with Crippen LogP contribution in [0.3, 0.4) is 0 Å². The first kappa shape index (κ1) is 11.4. The van der Waals surface area contributed by atoms with Crippen LogP contribution in [0.1, 0.15) is 43.7 Å². The third kappa shape index (κ3) is 2.73. The summed E-state index contributed by atoms with van der Waals surface area (Å²) in [7, 11) is 0. The van der Waals surface area contributed by atoms with Crippen LogP contribution in [0.2, 0.25) is 0 Å². The molecule has 0 fully saturated rings. The Bertz CT molecular complexity index is 362. The Morgan fingerprint density at radius 1 is 1.25 bits per heavy atom. The second kappa shape index (κ2) is 5.31. The molecule has 1 unspecified atom stereocenters. The van der Waals surface area contributed by atoms with Gasteiger partial charge in [0, 0.05) is 6.04 Å². The van der Waals surface area contributed by atoms with Gasteiger partial charge in [0.25, 0.3) is 0 Å². The molecule has 1 atom stereocenters. The van der Waals surface area contributed by atoms with Gasteiger partial charge in [-0.15, -0.1) is 0 Å². The zero-order chi connectivity index (χ0) is 11.4. The van der Waals surface area contributed by atoms with Crippen molar-refractivity contribution in [3.63, 3.8) is 0 Å². The van der Waals surface area contributed by atoms with E-state index in [2.05, 4.69) is 37.3 Å². The molecule has 0 radical (unpaired) electrons. The molecule has 1 aromatic carbocycles. The molecule has 0 heterocycles. The van der Waals surface area contributed by atoms with Gasteiger partial charge in [0.2, 0.25) is 0 Å². The molecule has 1 aliphatic rings. The van der Waals surface area contributed by atoms with Crippen LogP contribution in [-0.2, 0) is 6.42 Å². The van der Waals surface area contributed by atoms with Crippen LogP contribution in [0, 0.1) is 0 Å². The second-order valence-electron chi connectivity index (χ2n) is 4.69. The van der Waals surface area contributed by atoms with Crippen molar-refractivity contribution in [1.29, 1.82) is 0 Å². The van der Waals surface area contributed by atoms with Crippen LogP contribution in [0.4, 0.5) is 0 Å². The highest BCUT2D eigenvalue weighted by molar-refractivity contribution is 5.67. The lowest BCUT2D eigenvalue weighted by Crippen LogP contribution is -2.19. The van der Waals surface area contributed by atoms with Gasteiger partial charge in [-0.2, -0.15) is 0 Å². The molecule has 2 N–H and O–H groups in total. The summed E-state index contributed by atoms with van der Waals surface area (Å²) in [5.41, 5.74) is 10.2. The maximum atomic E-state index is 5.96. The number of allylic oxidation sites excluding steroid dienone is 1. The van der Waals surface area contributed by atoms with Crippen LogP contribution in [-0.4, -0.2) is 6.04 Å². The molecule has 0 bridgehead atoms. The van der Waals surface area contributed by atoms with E-state index >= 15 is 0 Å². The summed E-state index contributed by atoms with van der Waals surface area (Å²) >= 11 is 0. The minimum Gasteiger partial charge on any atom is -0.324 e. The Balaban J connectivity index is 2.15. The van der Waals surface area contributed by atoms with E-state index in [-0.39, 0.29) is 6.04 Å². The fourth-order valence-corrected chi connectivity index (χ4v) is 2.37. The highest BCUT2D eigenvalue weighted by Crippen LogP contribution is 2.26. The topological polar surface area (TPSA) is 26.0 Å². The van der Waals surface area contributed by atoms with E-state index in [1.807, 2.05) is 0 Å². The first-order valence-corrected chi connectivity index (χ1v) is 6.35. The largest absolute Gasteiger partial charge is 0.324 e. The van der Waals surface area contributed by atoms with Gasteiger partial charge in [0.1, 0.15) is 0 Å². The Kier molecular flexibility index (Phi) is 3.79. The van der Waals surface area contributed by atoms with E-state index in [1.165, 1.54) is 42.4 Å². The quantitative estimate of drug-likeness (QED) is 0.820. The molecule has 0 aromatic heterocycles. The molecule has 1 nitrogen and oxygen atoms in total. The molecule has 0 saturated heterocycles. The number of nitrogens with two attached hydrogens (primary N) is 1. The van der Waals surface area contributed by atoms with Gasteiger partial charge in [0.15, 0.2) is 0 Å². The van der Waals surface area contributed by atoms with E-state index in [0.717, 1.165) is 6.42 Å². The van der Waals surface area contributed by atoms with E-state index in [0.29, 0.717) is 0 Å². The van der Waals surface area contributed by atoms with E-state index in [4.69, 9.17) is 5.73 Å². The molecule has 1 aliphatic carbocycles. The first-order valence-electron chi connectivity index (χ1n) is 6.35. The fourth-order valence-electron chi connectivity index (χ4n) is 2.37. The van der Waals surface area contributed by atoms with Gasteiger partial charge in [-0.1, -0.05) is 43.7 Å². The summed E-state index contributed by atoms with van der Waals surface area (Å²) in [6, 6.07) is 9.25. The van der Waals surface area contributed by atoms with Gasteiger partial charge in [-0.3, -0.25) is 0 Å². The molecular weight excluding hydrogens is 194 g/mol. The normalized spacial score (nSPS) is 20.6. The predicted octanol–water partition coefficient (Wildman–Crippen LogP) is 3.53. The van der Waals surface area contributed by atoms with Crippen molar-refractivity contribution >= 4 is 5.57 Å². The highest BCUT2D eigenvalue weighted by atomic mass is 14.6. The SMILES string of the molecule is CCCc1ccc(C2=CC(N)CCC2)cc1. The maximum absolute atomic E-state index is 5.96. The summed E-state index contributed by atoms with van der Waals surface area (Å²) in [6.45, 7) is 2.22. The van der Waals surface area contributed by atoms with Gasteiger partial charge in [0.05, 0.1) is 0 Å². The monoisotopic (exact) mass is 215 g/mol. The molecule has 86 valence electrons. The molecule has 0 spiro atoms. The number of rotatable bonds is 3. The number of hydrogen-bond acceptors (Lipinski definition) is 1. The Morgan fingerprint density at radius 3 is 2.62 bits per heavy atom. The van der Waals surface area contributed by atoms with Crippen molar-refractivity contribution in [1.82, 2.24) is 0 Å². The lowest BCUT2D eigenvalue weighted by molar-refractivity contribution is 0.654. The smallest absolute Gasteiger partial charge is 0.0229 e. The van der Waals surface area contributed by atoms with Crippen molar-refractivity contribution in [3.05, 3.63) is 41.5 Å².